The Hall–Kier alpha value is -0.0100. The van der Waals surface area contributed by atoms with Gasteiger partial charge in [-0.05, 0) is 0 Å². The standard InChI is InChI=1S/C4H4O3.Na/c1-2-3(5)4(6)7;/h1,3,5H,(H,6,7);/q;+1/p-1. The molecular formula is C4H3NaO3. The van der Waals surface area contributed by atoms with Crippen LogP contribution in [0.15, 0.2) is 0 Å². The first-order valence-corrected chi connectivity index (χ1v) is 1.53. The Balaban J connectivity index is 0. The summed E-state index contributed by atoms with van der Waals surface area (Å²) in [6.45, 7) is 0. The van der Waals surface area contributed by atoms with E-state index in [1.54, 1.807) is 5.92 Å². The Morgan fingerprint density at radius 1 is 1.88 bits per heavy atom. The molecule has 3 nitrogen and oxygen atoms in total. The second kappa shape index (κ2) is 5.13. The maximum atomic E-state index is 9.43. The number of carbonyl (C=O) groups excluding carboxylic acids is 1. The van der Waals surface area contributed by atoms with Crippen molar-refractivity contribution in [2.75, 3.05) is 0 Å². The van der Waals surface area contributed by atoms with Crippen LogP contribution in [0.4, 0.5) is 0 Å². The van der Waals surface area contributed by atoms with Crippen LogP contribution in [0.1, 0.15) is 0 Å². The van der Waals surface area contributed by atoms with E-state index in [1.165, 1.54) is 0 Å². The largest absolute Gasteiger partial charge is 1.00 e. The molecule has 0 aliphatic carbocycles. The van der Waals surface area contributed by atoms with Gasteiger partial charge >= 0.3 is 29.6 Å². The van der Waals surface area contributed by atoms with Crippen LogP contribution in [-0.2, 0) is 4.79 Å². The van der Waals surface area contributed by atoms with Gasteiger partial charge in [-0.2, -0.15) is 0 Å². The molecule has 0 aromatic rings. The molecule has 8 heavy (non-hydrogen) atoms. The van der Waals surface area contributed by atoms with Crippen LogP contribution in [0.5, 0.6) is 0 Å². The van der Waals surface area contributed by atoms with Crippen LogP contribution in [0.3, 0.4) is 0 Å². The fraction of sp³-hybridized carbons (Fsp3) is 0.250. The number of carboxylic acid groups (broad SMARTS) is 1. The van der Waals surface area contributed by atoms with E-state index in [-0.39, 0.29) is 29.6 Å². The smallest absolute Gasteiger partial charge is 0.546 e. The minimum absolute atomic E-state index is 0. The number of hydrogen-bond donors (Lipinski definition) is 1. The molecule has 1 atom stereocenters. The topological polar surface area (TPSA) is 60.4 Å². The quantitative estimate of drug-likeness (QED) is 0.279. The summed E-state index contributed by atoms with van der Waals surface area (Å²) < 4.78 is 0. The van der Waals surface area contributed by atoms with E-state index in [1.807, 2.05) is 0 Å². The summed E-state index contributed by atoms with van der Waals surface area (Å²) in [5.74, 6) is -0.0787. The summed E-state index contributed by atoms with van der Waals surface area (Å²) in [6.07, 6.45) is 2.69. The third-order valence-electron chi connectivity index (χ3n) is 0.381. The number of carbonyl (C=O) groups is 1. The van der Waals surface area contributed by atoms with Crippen molar-refractivity contribution in [1.29, 1.82) is 0 Å². The molecule has 0 saturated carbocycles. The summed E-state index contributed by atoms with van der Waals surface area (Å²) in [7, 11) is 0. The molecule has 0 fully saturated rings. The Morgan fingerprint density at radius 2 is 2.25 bits per heavy atom. The maximum absolute atomic E-state index is 9.43. The number of terminal acetylenes is 1. The van der Waals surface area contributed by atoms with Crippen LogP contribution < -0.4 is 34.7 Å². The van der Waals surface area contributed by atoms with Gasteiger partial charge in [0.1, 0.15) is 0 Å². The molecule has 0 bridgehead atoms. The van der Waals surface area contributed by atoms with Crippen molar-refractivity contribution < 1.29 is 44.6 Å². The fourth-order valence-corrected chi connectivity index (χ4v) is 0.0680. The molecule has 0 aliphatic rings. The van der Waals surface area contributed by atoms with Crippen molar-refractivity contribution in [2.24, 2.45) is 0 Å². The zero-order valence-electron chi connectivity index (χ0n) is 4.42. The monoisotopic (exact) mass is 122 g/mol. The van der Waals surface area contributed by atoms with Crippen molar-refractivity contribution >= 4 is 5.97 Å². The number of aliphatic carboxylic acids is 1. The molecule has 0 radical (unpaired) electrons. The van der Waals surface area contributed by atoms with Crippen molar-refractivity contribution in [3.05, 3.63) is 0 Å². The Kier molecular flexibility index (Phi) is 6.98. The molecule has 0 rings (SSSR count). The van der Waals surface area contributed by atoms with E-state index >= 15 is 0 Å². The Morgan fingerprint density at radius 3 is 2.25 bits per heavy atom. The molecule has 0 saturated heterocycles. The molecule has 0 spiro atoms. The first-order chi connectivity index (χ1) is 3.18. The number of hydrogen-bond acceptors (Lipinski definition) is 3. The zero-order chi connectivity index (χ0) is 5.86. The second-order valence-corrected chi connectivity index (χ2v) is 0.888. The molecule has 1 N–H and O–H groups in total. The predicted octanol–water partition coefficient (Wildman–Crippen LogP) is -5.27. The van der Waals surface area contributed by atoms with Gasteiger partial charge in [0.2, 0.25) is 0 Å². The molecule has 1 unspecified atom stereocenters. The van der Waals surface area contributed by atoms with Crippen LogP contribution in [0.2, 0.25) is 0 Å². The summed E-state index contributed by atoms with van der Waals surface area (Å²) in [5, 5.41) is 17.5. The minimum atomic E-state index is -1.76. The van der Waals surface area contributed by atoms with Gasteiger partial charge in [-0.15, -0.1) is 6.42 Å². The van der Waals surface area contributed by atoms with Gasteiger partial charge in [-0.1, -0.05) is 5.92 Å². The fourth-order valence-electron chi connectivity index (χ4n) is 0.0680. The number of carboxylic acids is 1. The summed E-state index contributed by atoms with van der Waals surface area (Å²) in [4.78, 5) is 9.43. The van der Waals surface area contributed by atoms with Crippen LogP contribution in [0.25, 0.3) is 0 Å². The van der Waals surface area contributed by atoms with Gasteiger partial charge in [0.05, 0.1) is 5.97 Å². The van der Waals surface area contributed by atoms with E-state index in [0.717, 1.165) is 0 Å². The van der Waals surface area contributed by atoms with Gasteiger partial charge in [0.15, 0.2) is 6.10 Å². The van der Waals surface area contributed by atoms with Crippen LogP contribution >= 0.6 is 0 Å². The Labute approximate surface area is 69.0 Å². The predicted molar refractivity (Wildman–Crippen MR) is 19.8 cm³/mol. The van der Waals surface area contributed by atoms with Crippen LogP contribution in [-0.4, -0.2) is 17.2 Å². The Bertz CT molecular complexity index is 115. The number of aliphatic hydroxyl groups is 1. The van der Waals surface area contributed by atoms with Crippen molar-refractivity contribution in [3.8, 4) is 12.3 Å². The average Bonchev–Trinajstić information content (AvgIpc) is 1.65. The molecule has 0 heterocycles. The van der Waals surface area contributed by atoms with Crippen LogP contribution in [0, 0.1) is 12.3 Å². The normalized spacial score (nSPS) is 10.5. The van der Waals surface area contributed by atoms with Gasteiger partial charge < -0.3 is 15.0 Å². The number of rotatable bonds is 1. The summed E-state index contributed by atoms with van der Waals surface area (Å²) in [6, 6.07) is 0. The molecule has 4 heteroatoms. The maximum Gasteiger partial charge on any atom is 1.00 e. The molecule has 0 aliphatic heterocycles. The van der Waals surface area contributed by atoms with E-state index in [0.29, 0.717) is 0 Å². The minimum Gasteiger partial charge on any atom is -0.546 e. The zero-order valence-corrected chi connectivity index (χ0v) is 6.42. The van der Waals surface area contributed by atoms with Crippen molar-refractivity contribution in [1.82, 2.24) is 0 Å². The third-order valence-corrected chi connectivity index (χ3v) is 0.381. The number of aliphatic hydroxyl groups excluding tert-OH is 1. The van der Waals surface area contributed by atoms with Gasteiger partial charge in [-0.25, -0.2) is 0 Å². The summed E-state index contributed by atoms with van der Waals surface area (Å²) >= 11 is 0. The third kappa shape index (κ3) is 4.16. The molecule has 0 aromatic carbocycles. The van der Waals surface area contributed by atoms with Gasteiger partial charge in [0, 0.05) is 0 Å². The van der Waals surface area contributed by atoms with E-state index in [2.05, 4.69) is 6.42 Å². The second-order valence-electron chi connectivity index (χ2n) is 0.888. The van der Waals surface area contributed by atoms with E-state index in [9.17, 15) is 9.90 Å². The van der Waals surface area contributed by atoms with Gasteiger partial charge in [-0.3, -0.25) is 0 Å². The average molecular weight is 122 g/mol. The van der Waals surface area contributed by atoms with Crippen molar-refractivity contribution in [3.63, 3.8) is 0 Å². The molecule has 0 amide bonds. The van der Waals surface area contributed by atoms with Gasteiger partial charge in [0.25, 0.3) is 0 Å². The molecule has 0 aromatic heterocycles. The molecule has 38 valence electrons. The van der Waals surface area contributed by atoms with Crippen molar-refractivity contribution in [2.45, 2.75) is 6.10 Å². The SMILES string of the molecule is C#CC(O)C(=O)[O-].[Na+]. The first kappa shape index (κ1) is 10.9. The van der Waals surface area contributed by atoms with E-state index in [4.69, 9.17) is 5.11 Å². The molecular weight excluding hydrogens is 119 g/mol. The van der Waals surface area contributed by atoms with E-state index < -0.39 is 12.1 Å². The first-order valence-electron chi connectivity index (χ1n) is 1.53. The summed E-state index contributed by atoms with van der Waals surface area (Å²) in [5.41, 5.74) is 0.